The van der Waals surface area contributed by atoms with Crippen LogP contribution in [0.4, 0.5) is 0 Å². The van der Waals surface area contributed by atoms with Gasteiger partial charge in [-0.25, -0.2) is 0 Å². The van der Waals surface area contributed by atoms with E-state index in [4.69, 9.17) is 0 Å². The van der Waals surface area contributed by atoms with Gasteiger partial charge in [-0.2, -0.15) is 0 Å². The summed E-state index contributed by atoms with van der Waals surface area (Å²) in [6.07, 6.45) is 11.1. The molecule has 2 atom stereocenters. The van der Waals surface area contributed by atoms with Crippen LogP contribution in [0, 0.1) is 27.7 Å². The third kappa shape index (κ3) is 4.77. The molecule has 1 heteroatoms. The summed E-state index contributed by atoms with van der Waals surface area (Å²) in [5, 5.41) is 0. The van der Waals surface area contributed by atoms with Crippen LogP contribution in [0.2, 0.25) is 14.0 Å². The Morgan fingerprint density at radius 1 is 0.500 bits per heavy atom. The Labute approximate surface area is 273 Å². The predicted octanol–water partition coefficient (Wildman–Crippen LogP) is 12.5. The summed E-state index contributed by atoms with van der Waals surface area (Å²) >= 11 is -4.71. The van der Waals surface area contributed by atoms with Gasteiger partial charge >= 0.3 is 276 Å². The molecular formula is C45H47Hf. The molecule has 0 heterocycles. The van der Waals surface area contributed by atoms with Gasteiger partial charge < -0.3 is 0 Å². The van der Waals surface area contributed by atoms with Crippen LogP contribution >= 0.6 is 0 Å². The zero-order valence-electron chi connectivity index (χ0n) is 28.6. The van der Waals surface area contributed by atoms with E-state index in [1.165, 1.54) is 72.3 Å². The molecule has 0 nitrogen and oxygen atoms in total. The molecule has 7 rings (SSSR count). The van der Waals surface area contributed by atoms with Crippen LogP contribution in [-0.2, 0) is 23.0 Å². The second kappa shape index (κ2) is 10.7. The Morgan fingerprint density at radius 3 is 1.35 bits per heavy atom. The normalized spacial score (nSPS) is 18.2. The van der Waals surface area contributed by atoms with E-state index in [1.807, 2.05) is 0 Å². The van der Waals surface area contributed by atoms with Crippen LogP contribution in [0.3, 0.4) is 0 Å². The number of benzene rings is 5. The van der Waals surface area contributed by atoms with Gasteiger partial charge in [-0.3, -0.25) is 0 Å². The maximum atomic E-state index is 2.87. The summed E-state index contributed by atoms with van der Waals surface area (Å²) in [5.74, 6) is 0. The number of fused-ring (bicyclic) bond motifs is 2. The van der Waals surface area contributed by atoms with Crippen LogP contribution in [0.1, 0.15) is 57.4 Å². The Balaban J connectivity index is 1.47. The van der Waals surface area contributed by atoms with Crippen LogP contribution in [-0.4, -0.2) is 3.76 Å². The number of aryl methyl sites for hydroxylation is 4. The quantitative estimate of drug-likeness (QED) is 0.151. The molecule has 0 aliphatic heterocycles. The van der Waals surface area contributed by atoms with Crippen molar-refractivity contribution in [1.82, 2.24) is 0 Å². The Bertz CT molecular complexity index is 2000. The maximum absolute atomic E-state index is 4.71. The van der Waals surface area contributed by atoms with Gasteiger partial charge in [0.1, 0.15) is 0 Å². The molecule has 231 valence electrons. The Hall–Kier alpha value is -3.68. The fourth-order valence-corrected chi connectivity index (χ4v) is 33.9. The van der Waals surface area contributed by atoms with Crippen LogP contribution in [0.15, 0.2) is 115 Å². The van der Waals surface area contributed by atoms with Crippen molar-refractivity contribution in [3.05, 3.63) is 165 Å². The second-order valence-corrected chi connectivity index (χ2v) is 55.3. The molecular weight excluding hydrogens is 719 g/mol. The zero-order chi connectivity index (χ0) is 32.3. The minimum atomic E-state index is -4.71. The van der Waals surface area contributed by atoms with Gasteiger partial charge in [0.2, 0.25) is 0 Å². The number of hydrogen-bond donors (Lipinski definition) is 0. The van der Waals surface area contributed by atoms with Gasteiger partial charge in [-0.15, -0.1) is 0 Å². The van der Waals surface area contributed by atoms with Crippen LogP contribution in [0.5, 0.6) is 0 Å². The van der Waals surface area contributed by atoms with E-state index in [9.17, 15) is 0 Å². The zero-order valence-corrected chi connectivity index (χ0v) is 32.2. The van der Waals surface area contributed by atoms with Gasteiger partial charge in [0.25, 0.3) is 0 Å². The number of hydrogen-bond acceptors (Lipinski definition) is 0. The van der Waals surface area contributed by atoms with Crippen molar-refractivity contribution in [2.24, 2.45) is 0 Å². The molecule has 0 saturated heterocycles. The third-order valence-electron chi connectivity index (χ3n) is 12.0. The van der Waals surface area contributed by atoms with Crippen molar-refractivity contribution in [3.8, 4) is 22.3 Å². The van der Waals surface area contributed by atoms with Crippen molar-refractivity contribution >= 4 is 15.9 Å². The van der Waals surface area contributed by atoms with E-state index in [1.54, 1.807) is 0 Å². The van der Waals surface area contributed by atoms with Gasteiger partial charge in [0.05, 0.1) is 0 Å². The molecule has 0 radical (unpaired) electrons. The topological polar surface area (TPSA) is 0 Å². The summed E-state index contributed by atoms with van der Waals surface area (Å²) in [6.45, 7) is 9.02. The average molecular weight is 766 g/mol. The van der Waals surface area contributed by atoms with E-state index >= 15 is 0 Å². The molecule has 0 spiro atoms. The first kappa shape index (κ1) is 30.9. The fraction of sp³-hybridized carbons (Fsp3) is 0.222. The van der Waals surface area contributed by atoms with E-state index in [0.29, 0.717) is 7.35 Å². The molecule has 46 heavy (non-hydrogen) atoms. The first-order valence-corrected chi connectivity index (χ1v) is 34.0. The third-order valence-corrected chi connectivity index (χ3v) is 41.0. The fourth-order valence-electron chi connectivity index (χ4n) is 9.28. The number of rotatable bonds is 6. The number of allylic oxidation sites excluding steroid dienone is 2. The average Bonchev–Trinajstić information content (AvgIpc) is 3.69. The van der Waals surface area contributed by atoms with Gasteiger partial charge in [-0.1, -0.05) is 0 Å². The predicted molar refractivity (Wildman–Crippen MR) is 200 cm³/mol. The van der Waals surface area contributed by atoms with E-state index < -0.39 is 16.5 Å². The minimum absolute atomic E-state index is 0.363. The molecule has 2 aliphatic carbocycles. The second-order valence-electron chi connectivity index (χ2n) is 16.3. The molecule has 0 saturated carbocycles. The first-order valence-electron chi connectivity index (χ1n) is 17.0. The Morgan fingerprint density at radius 2 is 0.913 bits per heavy atom. The molecule has 5 aromatic carbocycles. The van der Waals surface area contributed by atoms with Crippen molar-refractivity contribution in [3.63, 3.8) is 0 Å². The standard InChI is InChI=1S/2C17H15.C8H8.3CH3.Hf/c2*1-12-6-3-7-13(2)17(12)16-11-5-9-14-8-4-10-15(14)16;1-2-8-6-4-3-5-7-8;;;;/h2*3-11H,1-2H3;1,3-7H,2H2;3*1H3;. The monoisotopic (exact) mass is 767 g/mol. The van der Waals surface area contributed by atoms with Crippen molar-refractivity contribution in [1.29, 1.82) is 0 Å². The summed E-state index contributed by atoms with van der Waals surface area (Å²) in [5.41, 5.74) is 18.1. The first-order chi connectivity index (χ1) is 21.9. The molecule has 2 aliphatic rings. The molecule has 0 amide bonds. The van der Waals surface area contributed by atoms with Gasteiger partial charge in [0, 0.05) is 0 Å². The van der Waals surface area contributed by atoms with Crippen LogP contribution < -0.4 is 0 Å². The van der Waals surface area contributed by atoms with Gasteiger partial charge in [-0.05, 0) is 0 Å². The summed E-state index contributed by atoms with van der Waals surface area (Å²) < 4.78 is 11.9. The van der Waals surface area contributed by atoms with E-state index in [-0.39, 0.29) is 0 Å². The summed E-state index contributed by atoms with van der Waals surface area (Å²) in [6, 6.07) is 38.7. The molecule has 0 fully saturated rings. The van der Waals surface area contributed by atoms with Crippen LogP contribution in [0.25, 0.3) is 34.4 Å². The molecule has 0 bridgehead atoms. The van der Waals surface area contributed by atoms with Gasteiger partial charge in [0.15, 0.2) is 0 Å². The molecule has 0 N–H and O–H groups in total. The van der Waals surface area contributed by atoms with Crippen molar-refractivity contribution in [2.45, 2.75) is 55.5 Å². The summed E-state index contributed by atoms with van der Waals surface area (Å²) in [4.78, 5) is 0. The van der Waals surface area contributed by atoms with E-state index in [2.05, 4.69) is 173 Å². The molecule has 5 aromatic rings. The molecule has 2 unspecified atom stereocenters. The summed E-state index contributed by atoms with van der Waals surface area (Å²) in [7, 11) is 0. The molecule has 0 aromatic heterocycles. The van der Waals surface area contributed by atoms with Crippen molar-refractivity contribution in [2.75, 3.05) is 0 Å². The van der Waals surface area contributed by atoms with Crippen molar-refractivity contribution < 1.29 is 16.5 Å². The SMILES string of the molecule is Cc1cccc(C)c1-c1cccc2c1C=C[CH]2[Hf]([CH3])([CH3])([CH3])(=[CH]Cc1ccccc1)[CH]1C=Cc2c(-c3c(C)cccc3C)cccc21. The Kier molecular flexibility index (Phi) is 7.18. The van der Waals surface area contributed by atoms with E-state index in [0.717, 1.165) is 6.42 Å².